The van der Waals surface area contributed by atoms with Crippen LogP contribution in [0.4, 0.5) is 0 Å². The van der Waals surface area contributed by atoms with Gasteiger partial charge in [0.25, 0.3) is 0 Å². The number of likely N-dealkylation sites (tertiary alicyclic amines) is 1. The van der Waals surface area contributed by atoms with Gasteiger partial charge in [-0.2, -0.15) is 5.10 Å². The lowest BCUT2D eigenvalue weighted by atomic mass is 9.98. The van der Waals surface area contributed by atoms with Crippen molar-refractivity contribution in [3.63, 3.8) is 0 Å². The van der Waals surface area contributed by atoms with Gasteiger partial charge >= 0.3 is 0 Å². The second-order valence-electron chi connectivity index (χ2n) is 8.17. The quantitative estimate of drug-likeness (QED) is 0.340. The molecule has 29 heavy (non-hydrogen) atoms. The van der Waals surface area contributed by atoms with Gasteiger partial charge in [-0.05, 0) is 45.3 Å². The molecule has 1 aromatic heterocycles. The number of nitrogens with one attached hydrogen (secondary N) is 2. The van der Waals surface area contributed by atoms with E-state index in [1.54, 1.807) is 0 Å². The van der Waals surface area contributed by atoms with Crippen LogP contribution in [0, 0.1) is 0 Å². The number of guanidine groups is 1. The number of nitrogens with zero attached hydrogens (tertiary/aromatic N) is 4. The van der Waals surface area contributed by atoms with Gasteiger partial charge in [0.05, 0.1) is 12.7 Å². The maximum Gasteiger partial charge on any atom is 0.191 e. The van der Waals surface area contributed by atoms with Gasteiger partial charge in [-0.1, -0.05) is 36.8 Å². The maximum atomic E-state index is 4.47. The Morgan fingerprint density at radius 2 is 1.79 bits per heavy atom. The van der Waals surface area contributed by atoms with Crippen LogP contribution in [-0.2, 0) is 13.1 Å². The number of hydrogen-bond donors (Lipinski definition) is 2. The highest BCUT2D eigenvalue weighted by atomic mass is 127. The summed E-state index contributed by atoms with van der Waals surface area (Å²) in [5.74, 6) is 0.834. The third kappa shape index (κ3) is 7.29. The van der Waals surface area contributed by atoms with Crippen molar-refractivity contribution in [3.8, 4) is 0 Å². The van der Waals surface area contributed by atoms with Crippen LogP contribution in [0.3, 0.4) is 0 Å². The Labute approximate surface area is 192 Å². The van der Waals surface area contributed by atoms with Crippen molar-refractivity contribution in [2.75, 3.05) is 26.7 Å². The molecule has 0 unspecified atom stereocenters. The topological polar surface area (TPSA) is 57.5 Å². The highest BCUT2D eigenvalue weighted by Crippen LogP contribution is 2.19. The average Bonchev–Trinajstić information content (AvgIpc) is 3.17. The number of aromatic nitrogens is 2. The summed E-state index contributed by atoms with van der Waals surface area (Å²) in [6.07, 6.45) is 7.99. The van der Waals surface area contributed by atoms with E-state index in [4.69, 9.17) is 0 Å². The molecule has 1 aliphatic rings. The van der Waals surface area contributed by atoms with Gasteiger partial charge in [-0.25, -0.2) is 0 Å². The Morgan fingerprint density at radius 1 is 1.07 bits per heavy atom. The molecule has 6 nitrogen and oxygen atoms in total. The molecule has 0 saturated carbocycles. The van der Waals surface area contributed by atoms with E-state index in [0.29, 0.717) is 6.54 Å². The number of hydrogen-bond acceptors (Lipinski definition) is 3. The van der Waals surface area contributed by atoms with Crippen LogP contribution in [0.25, 0.3) is 0 Å². The molecule has 1 saturated heterocycles. The first-order valence-electron chi connectivity index (χ1n) is 10.3. The van der Waals surface area contributed by atoms with Crippen molar-refractivity contribution in [2.45, 2.75) is 51.7 Å². The Morgan fingerprint density at radius 3 is 2.48 bits per heavy atom. The Bertz CT molecular complexity index is 750. The molecule has 1 aliphatic heterocycles. The van der Waals surface area contributed by atoms with Crippen LogP contribution in [0.5, 0.6) is 0 Å². The second kappa shape index (κ2) is 11.5. The van der Waals surface area contributed by atoms with Gasteiger partial charge in [0.2, 0.25) is 0 Å². The van der Waals surface area contributed by atoms with E-state index < -0.39 is 0 Å². The number of aliphatic imine (C=N–C) groups is 1. The molecule has 0 radical (unpaired) electrons. The molecule has 160 valence electrons. The van der Waals surface area contributed by atoms with Gasteiger partial charge in [0.15, 0.2) is 5.96 Å². The fourth-order valence-corrected chi connectivity index (χ4v) is 3.67. The molecule has 7 heteroatoms. The van der Waals surface area contributed by atoms with E-state index in [1.807, 2.05) is 24.0 Å². The Kier molecular flexibility index (Phi) is 9.42. The van der Waals surface area contributed by atoms with Crippen LogP contribution in [-0.4, -0.2) is 52.9 Å². The summed E-state index contributed by atoms with van der Waals surface area (Å²) in [5.41, 5.74) is 2.52. The molecule has 0 amide bonds. The van der Waals surface area contributed by atoms with Crippen LogP contribution in [0.2, 0.25) is 0 Å². The fraction of sp³-hybridized carbons (Fsp3) is 0.545. The van der Waals surface area contributed by atoms with Crippen LogP contribution in [0.1, 0.15) is 44.2 Å². The summed E-state index contributed by atoms with van der Waals surface area (Å²) < 4.78 is 1.97. The van der Waals surface area contributed by atoms with Gasteiger partial charge in [-0.3, -0.25) is 14.6 Å². The van der Waals surface area contributed by atoms with Crippen molar-refractivity contribution < 1.29 is 0 Å². The van der Waals surface area contributed by atoms with E-state index in [1.165, 1.54) is 37.9 Å². The average molecular weight is 510 g/mol. The van der Waals surface area contributed by atoms with E-state index in [0.717, 1.165) is 24.6 Å². The highest BCUT2D eigenvalue weighted by molar-refractivity contribution is 14.0. The zero-order valence-corrected chi connectivity index (χ0v) is 20.2. The minimum Gasteiger partial charge on any atom is -0.355 e. The molecule has 0 aliphatic carbocycles. The second-order valence-corrected chi connectivity index (χ2v) is 8.17. The summed E-state index contributed by atoms with van der Waals surface area (Å²) in [7, 11) is 1.82. The van der Waals surface area contributed by atoms with Crippen LogP contribution < -0.4 is 10.6 Å². The van der Waals surface area contributed by atoms with Crippen LogP contribution in [0.15, 0.2) is 47.7 Å². The molecular weight excluding hydrogens is 475 g/mol. The third-order valence-corrected chi connectivity index (χ3v) is 5.46. The zero-order valence-electron chi connectivity index (χ0n) is 17.9. The van der Waals surface area contributed by atoms with Gasteiger partial charge in [0.1, 0.15) is 0 Å². The highest BCUT2D eigenvalue weighted by Gasteiger charge is 2.27. The predicted molar refractivity (Wildman–Crippen MR) is 131 cm³/mol. The molecule has 0 atom stereocenters. The lowest BCUT2D eigenvalue weighted by Gasteiger charge is -2.41. The number of piperidine rings is 1. The summed E-state index contributed by atoms with van der Waals surface area (Å²) in [6.45, 7) is 9.39. The largest absolute Gasteiger partial charge is 0.355 e. The molecule has 2 heterocycles. The predicted octanol–water partition coefficient (Wildman–Crippen LogP) is 3.48. The van der Waals surface area contributed by atoms with Gasteiger partial charge in [0, 0.05) is 37.4 Å². The molecule has 2 N–H and O–H groups in total. The normalized spacial score (nSPS) is 15.6. The number of benzene rings is 1. The van der Waals surface area contributed by atoms with Gasteiger partial charge in [-0.15, -0.1) is 24.0 Å². The molecule has 1 fully saturated rings. The third-order valence-electron chi connectivity index (χ3n) is 5.46. The Hall–Kier alpha value is -1.61. The monoisotopic (exact) mass is 510 g/mol. The van der Waals surface area contributed by atoms with Crippen molar-refractivity contribution >= 4 is 29.9 Å². The molecule has 3 rings (SSSR count). The summed E-state index contributed by atoms with van der Waals surface area (Å²) >= 11 is 0. The van der Waals surface area contributed by atoms with Crippen LogP contribution >= 0.6 is 24.0 Å². The molecule has 1 aromatic carbocycles. The summed E-state index contributed by atoms with van der Waals surface area (Å²) in [4.78, 5) is 6.96. The standard InChI is InChI=1S/C22H34N6.HI/c1-22(2,27-12-8-5-9-13-27)18-25-21(23-3)24-14-20-15-26-28(17-20)16-19-10-6-4-7-11-19;/h4,6-7,10-11,15,17H,5,8-9,12-14,16,18H2,1-3H3,(H2,23,24,25);1H. The molecule has 2 aromatic rings. The summed E-state index contributed by atoms with van der Waals surface area (Å²) in [5, 5.41) is 11.4. The minimum atomic E-state index is 0. The maximum absolute atomic E-state index is 4.47. The lowest BCUT2D eigenvalue weighted by Crippen LogP contribution is -2.54. The number of rotatable bonds is 7. The van der Waals surface area contributed by atoms with E-state index in [9.17, 15) is 0 Å². The van der Waals surface area contributed by atoms with Crippen molar-refractivity contribution in [1.29, 1.82) is 0 Å². The first-order valence-corrected chi connectivity index (χ1v) is 10.3. The lowest BCUT2D eigenvalue weighted by molar-refractivity contribution is 0.0982. The zero-order chi connectivity index (χ0) is 19.8. The number of halogens is 1. The Balaban J connectivity index is 0.00000300. The van der Waals surface area contributed by atoms with Crippen molar-refractivity contribution in [1.82, 2.24) is 25.3 Å². The smallest absolute Gasteiger partial charge is 0.191 e. The van der Waals surface area contributed by atoms with Crippen molar-refractivity contribution in [2.24, 2.45) is 4.99 Å². The summed E-state index contributed by atoms with van der Waals surface area (Å²) in [6, 6.07) is 10.4. The molecule has 0 bridgehead atoms. The van der Waals surface area contributed by atoms with Crippen molar-refractivity contribution in [3.05, 3.63) is 53.9 Å². The van der Waals surface area contributed by atoms with E-state index in [-0.39, 0.29) is 29.5 Å². The van der Waals surface area contributed by atoms with Gasteiger partial charge < -0.3 is 10.6 Å². The first kappa shape index (κ1) is 23.7. The molecular formula is C22H35IN6. The van der Waals surface area contributed by atoms with E-state index in [2.05, 4.69) is 69.9 Å². The molecule has 0 spiro atoms. The fourth-order valence-electron chi connectivity index (χ4n) is 3.67. The minimum absolute atomic E-state index is 0. The first-order chi connectivity index (χ1) is 13.6. The SMILES string of the molecule is CN=C(NCc1cnn(Cc2ccccc2)c1)NCC(C)(C)N1CCCCC1.I. The van der Waals surface area contributed by atoms with E-state index >= 15 is 0 Å².